The minimum atomic E-state index is -0.585. The molecule has 0 aliphatic carbocycles. The molecule has 0 saturated heterocycles. The van der Waals surface area contributed by atoms with Gasteiger partial charge in [-0.2, -0.15) is 9.29 Å². The number of hydrogen-bond acceptors (Lipinski definition) is 18. The highest BCUT2D eigenvalue weighted by Gasteiger charge is 2.27. The zero-order chi connectivity index (χ0) is 32.8. The summed E-state index contributed by atoms with van der Waals surface area (Å²) in [5.74, 6) is 0. The van der Waals surface area contributed by atoms with Gasteiger partial charge in [0.2, 0.25) is 0 Å². The molecule has 0 aromatic heterocycles. The minimum Gasteiger partial charge on any atom is -0.395 e. The first kappa shape index (κ1) is 43.2. The smallest absolute Gasteiger partial charge is 0.136 e. The molecule has 0 heterocycles. The third-order valence-electron chi connectivity index (χ3n) is 6.46. The summed E-state index contributed by atoms with van der Waals surface area (Å²) in [5, 5.41) is 74.8. The van der Waals surface area contributed by atoms with Crippen LogP contribution in [0, 0.1) is 0 Å². The molecule has 0 amide bonds. The van der Waals surface area contributed by atoms with Crippen LogP contribution in [-0.4, -0.2) is 218 Å². The van der Waals surface area contributed by atoms with E-state index in [1.807, 2.05) is 9.80 Å². The zero-order valence-electron chi connectivity index (χ0n) is 25.6. The lowest BCUT2D eigenvalue weighted by molar-refractivity contribution is -1.10. The molecule has 266 valence electrons. The van der Waals surface area contributed by atoms with Gasteiger partial charge in [0.25, 0.3) is 0 Å². The first-order valence-corrected chi connectivity index (χ1v) is 14.6. The van der Waals surface area contributed by atoms with Gasteiger partial charge in [-0.15, -0.1) is 0 Å². The van der Waals surface area contributed by atoms with Gasteiger partial charge in [0, 0.05) is 39.3 Å². The Bertz CT molecular complexity index is 623. The van der Waals surface area contributed by atoms with Gasteiger partial charge < -0.3 is 20.4 Å². The van der Waals surface area contributed by atoms with Crippen LogP contribution in [0.2, 0.25) is 0 Å². The standard InChI is InChI=1S/C24H54N4O16/c29-13-1-25(3-17-37-35)4-18-39-40-19-5-26(2-14-30)6-20-41-42-22-11-28(34,8-16-32)12-24-44-43-23-10-27(33,7-15-31)9-21-38-36/h29-34H,1-24H2/p+2/t27-,28?/m1/s1. The van der Waals surface area contributed by atoms with E-state index in [1.165, 1.54) is 0 Å². The summed E-state index contributed by atoms with van der Waals surface area (Å²) in [5.41, 5.74) is 0. The van der Waals surface area contributed by atoms with Gasteiger partial charge in [0.05, 0.1) is 52.9 Å². The summed E-state index contributed by atoms with van der Waals surface area (Å²) in [4.78, 5) is 42.5. The molecule has 44 heavy (non-hydrogen) atoms. The molecule has 0 aromatic carbocycles. The number of rotatable bonds is 35. The lowest BCUT2D eigenvalue weighted by atomic mass is 10.4. The van der Waals surface area contributed by atoms with Crippen molar-refractivity contribution in [1.82, 2.24) is 9.80 Å². The largest absolute Gasteiger partial charge is 0.395 e. The van der Waals surface area contributed by atoms with E-state index in [-0.39, 0.29) is 119 Å². The highest BCUT2D eigenvalue weighted by molar-refractivity contribution is 4.56. The molecule has 2 atom stereocenters. The van der Waals surface area contributed by atoms with Crippen LogP contribution in [0.1, 0.15) is 0 Å². The summed E-state index contributed by atoms with van der Waals surface area (Å²) in [7, 11) is 0. The molecule has 0 fully saturated rings. The van der Waals surface area contributed by atoms with Crippen LogP contribution in [0.15, 0.2) is 0 Å². The van der Waals surface area contributed by atoms with Crippen molar-refractivity contribution in [2.75, 3.05) is 158 Å². The SMILES string of the molecule is OCCN(CCOO)CCOOCCN(CCO)CCOOCC[N+](O)(CCO)CCOOCC[N@@+](O)(CCO)CCOO. The van der Waals surface area contributed by atoms with E-state index < -0.39 is 9.29 Å². The summed E-state index contributed by atoms with van der Waals surface area (Å²) in [6.45, 7) is 2.84. The molecule has 1 unspecified atom stereocenters. The third kappa shape index (κ3) is 24.4. The first-order chi connectivity index (χ1) is 21.3. The normalized spacial score (nSPS) is 14.9. The maximum absolute atomic E-state index is 10.7. The number of aliphatic hydroxyl groups excluding tert-OH is 4. The van der Waals surface area contributed by atoms with Gasteiger partial charge in [0.15, 0.2) is 0 Å². The van der Waals surface area contributed by atoms with E-state index in [2.05, 4.69) is 9.78 Å². The van der Waals surface area contributed by atoms with Crippen LogP contribution in [0.3, 0.4) is 0 Å². The second-order valence-corrected chi connectivity index (χ2v) is 9.71. The van der Waals surface area contributed by atoms with Gasteiger partial charge >= 0.3 is 0 Å². The van der Waals surface area contributed by atoms with Crippen molar-refractivity contribution in [3.05, 3.63) is 0 Å². The van der Waals surface area contributed by atoms with Crippen molar-refractivity contribution < 1.29 is 89.7 Å². The molecule has 8 N–H and O–H groups in total. The topological polar surface area (TPSA) is 242 Å². The summed E-state index contributed by atoms with van der Waals surface area (Å²) >= 11 is 0. The molecule has 20 nitrogen and oxygen atoms in total. The fourth-order valence-electron chi connectivity index (χ4n) is 3.85. The van der Waals surface area contributed by atoms with E-state index in [0.29, 0.717) is 39.3 Å². The zero-order valence-corrected chi connectivity index (χ0v) is 25.6. The lowest BCUT2D eigenvalue weighted by Gasteiger charge is -2.29. The van der Waals surface area contributed by atoms with E-state index in [4.69, 9.17) is 50.1 Å². The maximum atomic E-state index is 10.7. The second-order valence-electron chi connectivity index (χ2n) is 9.71. The molecule has 0 rings (SSSR count). The second kappa shape index (κ2) is 29.6. The first-order valence-electron chi connectivity index (χ1n) is 14.6. The van der Waals surface area contributed by atoms with Crippen LogP contribution in [0.25, 0.3) is 0 Å². The number of hydroxylamine groups is 6. The van der Waals surface area contributed by atoms with Gasteiger partial charge in [-0.3, -0.25) is 20.3 Å². The molecule has 0 aromatic rings. The summed E-state index contributed by atoms with van der Waals surface area (Å²) in [6.07, 6.45) is 0. The lowest BCUT2D eigenvalue weighted by Crippen LogP contribution is -2.51. The Kier molecular flexibility index (Phi) is 29.1. The van der Waals surface area contributed by atoms with Crippen molar-refractivity contribution in [3.63, 3.8) is 0 Å². The van der Waals surface area contributed by atoms with Crippen molar-refractivity contribution in [2.24, 2.45) is 0 Å². The fraction of sp³-hybridized carbons (Fsp3) is 1.00. The van der Waals surface area contributed by atoms with Crippen molar-refractivity contribution in [3.8, 4) is 0 Å². The Morgan fingerprint density at radius 2 is 0.682 bits per heavy atom. The van der Waals surface area contributed by atoms with E-state index in [1.54, 1.807) is 0 Å². The maximum Gasteiger partial charge on any atom is 0.136 e. The predicted molar refractivity (Wildman–Crippen MR) is 147 cm³/mol. The highest BCUT2D eigenvalue weighted by atomic mass is 17.2. The van der Waals surface area contributed by atoms with Crippen molar-refractivity contribution in [2.45, 2.75) is 0 Å². The Labute approximate surface area is 257 Å². The molecule has 0 radical (unpaired) electrons. The molecule has 20 heteroatoms. The van der Waals surface area contributed by atoms with Crippen LogP contribution < -0.4 is 0 Å². The molecular weight excluding hydrogens is 600 g/mol. The minimum absolute atomic E-state index is 0.0158. The average Bonchev–Trinajstić information content (AvgIpc) is 3.00. The molecule has 0 aliphatic heterocycles. The summed E-state index contributed by atoms with van der Waals surface area (Å²) < 4.78 is -1.15. The van der Waals surface area contributed by atoms with Crippen molar-refractivity contribution in [1.29, 1.82) is 0 Å². The number of quaternary nitrogens is 2. The number of hydrogen-bond donors (Lipinski definition) is 8. The Morgan fingerprint density at radius 1 is 0.364 bits per heavy atom. The quantitative estimate of drug-likeness (QED) is 0.0145. The number of nitrogens with zero attached hydrogens (tertiary/aromatic N) is 4. The predicted octanol–water partition coefficient (Wildman–Crippen LogP) is -3.20. The Hall–Kier alpha value is -0.800. The van der Waals surface area contributed by atoms with E-state index in [0.717, 1.165) is 0 Å². The van der Waals surface area contributed by atoms with Crippen LogP contribution in [-0.2, 0) is 39.1 Å². The molecule has 0 saturated carbocycles. The fourth-order valence-corrected chi connectivity index (χ4v) is 3.85. The summed E-state index contributed by atoms with van der Waals surface area (Å²) in [6, 6.07) is 0. The van der Waals surface area contributed by atoms with Gasteiger partial charge in [-0.25, -0.2) is 49.5 Å². The average molecular weight is 657 g/mol. The third-order valence-corrected chi connectivity index (χ3v) is 6.46. The molecule has 0 spiro atoms. The van der Waals surface area contributed by atoms with Crippen molar-refractivity contribution >= 4 is 0 Å². The van der Waals surface area contributed by atoms with Gasteiger partial charge in [-0.05, 0) is 0 Å². The van der Waals surface area contributed by atoms with E-state index in [9.17, 15) is 20.6 Å². The van der Waals surface area contributed by atoms with Gasteiger partial charge in [0.1, 0.15) is 65.7 Å². The van der Waals surface area contributed by atoms with Gasteiger partial charge in [-0.1, -0.05) is 0 Å². The monoisotopic (exact) mass is 656 g/mol. The van der Waals surface area contributed by atoms with Crippen LogP contribution >= 0.6 is 0 Å². The number of aliphatic hydroxyl groups is 4. The Morgan fingerprint density at radius 3 is 1.00 bits per heavy atom. The molecule has 0 bridgehead atoms. The highest BCUT2D eigenvalue weighted by Crippen LogP contribution is 2.04. The van der Waals surface area contributed by atoms with Crippen LogP contribution in [0.5, 0.6) is 0 Å². The Balaban J connectivity index is 4.15. The molecular formula is C24H56N4O16+2. The molecule has 0 aliphatic rings. The van der Waals surface area contributed by atoms with Crippen LogP contribution in [0.4, 0.5) is 0 Å². The van der Waals surface area contributed by atoms with E-state index >= 15 is 0 Å².